The molecule has 1 aliphatic heterocycles. The summed E-state index contributed by atoms with van der Waals surface area (Å²) in [6.07, 6.45) is 4.42. The number of hydrogen-bond donors (Lipinski definition) is 1. The van der Waals surface area contributed by atoms with Crippen molar-refractivity contribution >= 4 is 17.4 Å². The molecule has 1 amide bonds. The summed E-state index contributed by atoms with van der Waals surface area (Å²) in [7, 11) is 0. The zero-order valence-corrected chi connectivity index (χ0v) is 13.8. The molecule has 0 saturated carbocycles. The van der Waals surface area contributed by atoms with Crippen LogP contribution in [-0.2, 0) is 0 Å². The van der Waals surface area contributed by atoms with E-state index in [1.165, 1.54) is 6.07 Å². The molecular weight excluding hydrogens is 320 g/mol. The molecule has 0 aliphatic carbocycles. The molecule has 2 heterocycles. The second-order valence-electron chi connectivity index (χ2n) is 6.02. The van der Waals surface area contributed by atoms with Gasteiger partial charge < -0.3 is 10.2 Å². The quantitative estimate of drug-likeness (QED) is 0.668. The Kier molecular flexibility index (Phi) is 5.23. The third-order valence-electron chi connectivity index (χ3n) is 4.40. The lowest BCUT2D eigenvalue weighted by atomic mass is 10.0. The molecule has 130 valence electrons. The number of nitrogens with zero attached hydrogens (tertiary/aromatic N) is 3. The molecule has 0 unspecified atom stereocenters. The molecule has 1 aliphatic rings. The molecule has 1 aromatic carbocycles. The zero-order chi connectivity index (χ0) is 17.6. The fraction of sp³-hybridized carbons (Fsp3) is 0.333. The van der Waals surface area contributed by atoms with Gasteiger partial charge in [-0.2, -0.15) is 0 Å². The number of piperidine rings is 1. The zero-order valence-electron chi connectivity index (χ0n) is 13.8. The van der Waals surface area contributed by atoms with Gasteiger partial charge in [-0.15, -0.1) is 0 Å². The van der Waals surface area contributed by atoms with E-state index in [-0.39, 0.29) is 17.6 Å². The predicted molar refractivity (Wildman–Crippen MR) is 94.7 cm³/mol. The molecular formula is C18H20N4O3. The summed E-state index contributed by atoms with van der Waals surface area (Å²) in [5.41, 5.74) is 0.609. The first-order valence-electron chi connectivity index (χ1n) is 8.36. The lowest BCUT2D eigenvalue weighted by Gasteiger charge is -2.36. The van der Waals surface area contributed by atoms with E-state index in [9.17, 15) is 14.9 Å². The minimum atomic E-state index is -0.406. The Hall–Kier alpha value is -2.96. The third-order valence-corrected chi connectivity index (χ3v) is 4.40. The summed E-state index contributed by atoms with van der Waals surface area (Å²) >= 11 is 0. The van der Waals surface area contributed by atoms with Gasteiger partial charge in [0.25, 0.3) is 5.91 Å². The van der Waals surface area contributed by atoms with Crippen molar-refractivity contribution in [1.29, 1.82) is 0 Å². The van der Waals surface area contributed by atoms with Gasteiger partial charge in [-0.3, -0.25) is 14.9 Å². The van der Waals surface area contributed by atoms with Crippen LogP contribution in [0.15, 0.2) is 48.7 Å². The van der Waals surface area contributed by atoms with Gasteiger partial charge in [-0.25, -0.2) is 4.98 Å². The van der Waals surface area contributed by atoms with Gasteiger partial charge in [-0.1, -0.05) is 18.2 Å². The van der Waals surface area contributed by atoms with Gasteiger partial charge in [0.2, 0.25) is 5.82 Å². The van der Waals surface area contributed by atoms with Crippen molar-refractivity contribution in [2.24, 2.45) is 0 Å². The van der Waals surface area contributed by atoms with Crippen molar-refractivity contribution in [3.8, 4) is 0 Å². The number of aromatic nitrogens is 1. The molecule has 7 nitrogen and oxygen atoms in total. The largest absolute Gasteiger partial charge is 0.350 e. The highest BCUT2D eigenvalue weighted by Gasteiger charge is 2.29. The first-order chi connectivity index (χ1) is 12.2. The summed E-state index contributed by atoms with van der Waals surface area (Å²) in [6.45, 7) is 1.13. The number of benzene rings is 1. The number of anilines is 1. The van der Waals surface area contributed by atoms with Crippen molar-refractivity contribution in [1.82, 2.24) is 10.3 Å². The van der Waals surface area contributed by atoms with Gasteiger partial charge in [0, 0.05) is 37.0 Å². The van der Waals surface area contributed by atoms with Crippen LogP contribution in [0, 0.1) is 10.1 Å². The highest BCUT2D eigenvalue weighted by atomic mass is 16.6. The standard InChI is InChI=1S/C18H20N4O3/c23-18(14-7-2-1-3-8-14)20-13-15-9-4-5-12-21(15)17-16(22(24)25)10-6-11-19-17/h1-3,6-8,10-11,15H,4-5,9,12-13H2,(H,20,23)/t15-/m0/s1. The molecule has 7 heteroatoms. The van der Waals surface area contributed by atoms with Crippen molar-refractivity contribution in [3.05, 3.63) is 64.3 Å². The number of rotatable bonds is 5. The van der Waals surface area contributed by atoms with Crippen molar-refractivity contribution in [2.75, 3.05) is 18.0 Å². The van der Waals surface area contributed by atoms with Crippen LogP contribution in [0.3, 0.4) is 0 Å². The highest BCUT2D eigenvalue weighted by molar-refractivity contribution is 5.94. The second-order valence-corrected chi connectivity index (χ2v) is 6.02. The van der Waals surface area contributed by atoms with Crippen molar-refractivity contribution in [2.45, 2.75) is 25.3 Å². The van der Waals surface area contributed by atoms with Crippen LogP contribution in [-0.4, -0.2) is 34.9 Å². The number of amides is 1. The molecule has 3 rings (SSSR count). The fourth-order valence-corrected chi connectivity index (χ4v) is 3.15. The third kappa shape index (κ3) is 3.93. The molecule has 2 aromatic rings. The second kappa shape index (κ2) is 7.74. The molecule has 0 bridgehead atoms. The van der Waals surface area contributed by atoms with E-state index in [0.717, 1.165) is 19.3 Å². The first kappa shape index (κ1) is 16.9. The summed E-state index contributed by atoms with van der Waals surface area (Å²) in [6, 6.07) is 12.1. The van der Waals surface area contributed by atoms with Gasteiger partial charge >= 0.3 is 5.69 Å². The molecule has 1 saturated heterocycles. The molecule has 1 atom stereocenters. The maximum atomic E-state index is 12.3. The Labute approximate surface area is 145 Å². The van der Waals surface area contributed by atoms with Crippen LogP contribution in [0.4, 0.5) is 11.5 Å². The molecule has 1 fully saturated rings. The summed E-state index contributed by atoms with van der Waals surface area (Å²) < 4.78 is 0. The lowest BCUT2D eigenvalue weighted by molar-refractivity contribution is -0.384. The smallest absolute Gasteiger partial charge is 0.311 e. The number of pyridine rings is 1. The number of carbonyl (C=O) groups is 1. The minimum Gasteiger partial charge on any atom is -0.350 e. The van der Waals surface area contributed by atoms with E-state index in [1.54, 1.807) is 24.4 Å². The number of carbonyl (C=O) groups excluding carboxylic acids is 1. The highest BCUT2D eigenvalue weighted by Crippen LogP contribution is 2.30. The first-order valence-corrected chi connectivity index (χ1v) is 8.36. The van der Waals surface area contributed by atoms with E-state index < -0.39 is 4.92 Å². The maximum Gasteiger partial charge on any atom is 0.311 e. The van der Waals surface area contributed by atoms with Gasteiger partial charge in [-0.05, 0) is 37.5 Å². The number of nitrogens with one attached hydrogen (secondary N) is 1. The van der Waals surface area contributed by atoms with Crippen molar-refractivity contribution < 1.29 is 9.72 Å². The van der Waals surface area contributed by atoms with Crippen LogP contribution >= 0.6 is 0 Å². The molecule has 1 aromatic heterocycles. The average Bonchev–Trinajstić information content (AvgIpc) is 2.67. The van der Waals surface area contributed by atoms with Crippen molar-refractivity contribution in [3.63, 3.8) is 0 Å². The van der Waals surface area contributed by atoms with E-state index in [4.69, 9.17) is 0 Å². The topological polar surface area (TPSA) is 88.4 Å². The molecule has 0 radical (unpaired) electrons. The minimum absolute atomic E-state index is 0.00351. The summed E-state index contributed by atoms with van der Waals surface area (Å²) in [4.78, 5) is 29.3. The summed E-state index contributed by atoms with van der Waals surface area (Å²) in [5, 5.41) is 14.2. The Balaban J connectivity index is 1.74. The Morgan fingerprint density at radius 3 is 2.80 bits per heavy atom. The number of nitro groups is 1. The van der Waals surface area contributed by atoms with Gasteiger partial charge in [0.15, 0.2) is 0 Å². The molecule has 0 spiro atoms. The van der Waals surface area contributed by atoms with E-state index in [2.05, 4.69) is 10.3 Å². The number of hydrogen-bond acceptors (Lipinski definition) is 5. The Bertz CT molecular complexity index is 751. The van der Waals surface area contributed by atoms with Crippen LogP contribution in [0.2, 0.25) is 0 Å². The van der Waals surface area contributed by atoms with Crippen LogP contribution in [0.5, 0.6) is 0 Å². The van der Waals surface area contributed by atoms with Crippen LogP contribution in [0.25, 0.3) is 0 Å². The lowest BCUT2D eigenvalue weighted by Crippen LogP contribution is -2.47. The van der Waals surface area contributed by atoms with Gasteiger partial charge in [0.05, 0.1) is 4.92 Å². The Morgan fingerprint density at radius 2 is 2.04 bits per heavy atom. The monoisotopic (exact) mass is 340 g/mol. The normalized spacial score (nSPS) is 17.1. The summed E-state index contributed by atoms with van der Waals surface area (Å²) in [5.74, 6) is 0.243. The fourth-order valence-electron chi connectivity index (χ4n) is 3.15. The molecule has 1 N–H and O–H groups in total. The van der Waals surface area contributed by atoms with E-state index >= 15 is 0 Å². The van der Waals surface area contributed by atoms with E-state index in [1.807, 2.05) is 23.1 Å². The SMILES string of the molecule is O=C(NC[C@@H]1CCCCN1c1ncccc1[N+](=O)[O-])c1ccccc1. The Morgan fingerprint density at radius 1 is 1.24 bits per heavy atom. The van der Waals surface area contributed by atoms with Crippen LogP contribution < -0.4 is 10.2 Å². The predicted octanol–water partition coefficient (Wildman–Crippen LogP) is 2.78. The van der Waals surface area contributed by atoms with E-state index in [0.29, 0.717) is 24.5 Å². The maximum absolute atomic E-state index is 12.3. The molecule has 25 heavy (non-hydrogen) atoms. The van der Waals surface area contributed by atoms with Crippen LogP contribution in [0.1, 0.15) is 29.6 Å². The average molecular weight is 340 g/mol. The van der Waals surface area contributed by atoms with Gasteiger partial charge in [0.1, 0.15) is 0 Å².